The molecule has 5 rings (SSSR count). The molecule has 0 N–H and O–H groups in total. The number of hydrogen-bond acceptors (Lipinski definition) is 6. The van der Waals surface area contributed by atoms with Gasteiger partial charge < -0.3 is 14.2 Å². The van der Waals surface area contributed by atoms with Crippen molar-refractivity contribution in [3.8, 4) is 0 Å². The summed E-state index contributed by atoms with van der Waals surface area (Å²) in [6, 6.07) is 7.01. The molecule has 6 heteroatoms. The summed E-state index contributed by atoms with van der Waals surface area (Å²) in [6.45, 7) is 2.13. The summed E-state index contributed by atoms with van der Waals surface area (Å²) in [6.07, 6.45) is 7.47. The van der Waals surface area contributed by atoms with Gasteiger partial charge in [-0.3, -0.25) is 9.47 Å². The lowest BCUT2D eigenvalue weighted by atomic mass is 9.94. The zero-order valence-corrected chi connectivity index (χ0v) is 13.1. The van der Waals surface area contributed by atoms with E-state index in [1.165, 1.54) is 0 Å². The maximum atomic E-state index is 12.2. The third kappa shape index (κ3) is 1.61. The lowest BCUT2D eigenvalue weighted by Crippen LogP contribution is -2.47. The third-order valence-corrected chi connectivity index (χ3v) is 4.74. The minimum atomic E-state index is -1.66. The standard InChI is InChI=1S/C18H16O6/c1-2-5-12-8-9-16-17(10-12,21-11-20-16)24-18(23-16)14-7-4-3-6-13(14)15(19)22-18/h3-4,6-10H,2,5,11H2,1H3. The summed E-state index contributed by atoms with van der Waals surface area (Å²) in [7, 11) is 0. The van der Waals surface area contributed by atoms with E-state index in [0.717, 1.165) is 18.4 Å². The van der Waals surface area contributed by atoms with Crippen LogP contribution in [0.5, 0.6) is 0 Å². The highest BCUT2D eigenvalue weighted by Gasteiger charge is 2.75. The van der Waals surface area contributed by atoms with Crippen LogP contribution < -0.4 is 0 Å². The predicted molar refractivity (Wildman–Crippen MR) is 80.3 cm³/mol. The maximum Gasteiger partial charge on any atom is 0.365 e. The molecule has 4 aliphatic rings. The number of carbonyl (C=O) groups is 1. The van der Waals surface area contributed by atoms with E-state index < -0.39 is 23.5 Å². The fourth-order valence-electron chi connectivity index (χ4n) is 3.66. The summed E-state index contributed by atoms with van der Waals surface area (Å²) in [5, 5.41) is 0. The normalized spacial score (nSPS) is 38.7. The molecule has 0 saturated carbocycles. The topological polar surface area (TPSA) is 63.2 Å². The largest absolute Gasteiger partial charge is 0.400 e. The molecule has 3 heterocycles. The number of hydrogen-bond donors (Lipinski definition) is 0. The van der Waals surface area contributed by atoms with E-state index in [4.69, 9.17) is 23.7 Å². The van der Waals surface area contributed by atoms with Crippen LogP contribution in [0.4, 0.5) is 0 Å². The van der Waals surface area contributed by atoms with Crippen LogP contribution in [0.2, 0.25) is 0 Å². The van der Waals surface area contributed by atoms with Crippen molar-refractivity contribution in [3.05, 3.63) is 59.2 Å². The van der Waals surface area contributed by atoms with Crippen LogP contribution in [0.25, 0.3) is 0 Å². The smallest absolute Gasteiger partial charge is 0.365 e. The summed E-state index contributed by atoms with van der Waals surface area (Å²) in [5.41, 5.74) is 2.01. The van der Waals surface area contributed by atoms with Crippen molar-refractivity contribution in [3.63, 3.8) is 0 Å². The summed E-state index contributed by atoms with van der Waals surface area (Å²) >= 11 is 0. The van der Waals surface area contributed by atoms with Crippen molar-refractivity contribution in [2.45, 2.75) is 37.3 Å². The minimum Gasteiger partial charge on any atom is -0.400 e. The first kappa shape index (κ1) is 14.4. The van der Waals surface area contributed by atoms with Gasteiger partial charge in [-0.2, -0.15) is 0 Å². The second-order valence-corrected chi connectivity index (χ2v) is 6.24. The molecule has 0 bridgehead atoms. The van der Waals surface area contributed by atoms with E-state index in [2.05, 4.69) is 6.92 Å². The van der Waals surface area contributed by atoms with Crippen molar-refractivity contribution in [2.24, 2.45) is 0 Å². The number of rotatable bonds is 2. The van der Waals surface area contributed by atoms with Gasteiger partial charge in [0.2, 0.25) is 0 Å². The van der Waals surface area contributed by atoms with Crippen LogP contribution in [0.3, 0.4) is 0 Å². The van der Waals surface area contributed by atoms with E-state index in [1.807, 2.05) is 12.2 Å². The molecule has 0 amide bonds. The lowest BCUT2D eigenvalue weighted by Gasteiger charge is -2.31. The van der Waals surface area contributed by atoms with Gasteiger partial charge in [0, 0.05) is 0 Å². The van der Waals surface area contributed by atoms with Crippen LogP contribution in [-0.4, -0.2) is 24.3 Å². The van der Waals surface area contributed by atoms with Crippen molar-refractivity contribution >= 4 is 5.97 Å². The number of ether oxygens (including phenoxy) is 5. The summed E-state index contributed by atoms with van der Waals surface area (Å²) in [5.74, 6) is -4.67. The van der Waals surface area contributed by atoms with Gasteiger partial charge in [-0.25, -0.2) is 4.79 Å². The van der Waals surface area contributed by atoms with E-state index >= 15 is 0 Å². The fraction of sp³-hybridized carbons (Fsp3) is 0.389. The fourth-order valence-corrected chi connectivity index (χ4v) is 3.66. The molecular formula is C18H16O6. The minimum absolute atomic E-state index is 0.0336. The number of benzene rings is 1. The Morgan fingerprint density at radius 3 is 2.79 bits per heavy atom. The van der Waals surface area contributed by atoms with Crippen LogP contribution >= 0.6 is 0 Å². The molecule has 1 aliphatic carbocycles. The van der Waals surface area contributed by atoms with E-state index in [-0.39, 0.29) is 6.79 Å². The molecule has 3 aliphatic heterocycles. The molecule has 0 radical (unpaired) electrons. The molecule has 3 atom stereocenters. The van der Waals surface area contributed by atoms with Crippen LogP contribution in [-0.2, 0) is 29.7 Å². The van der Waals surface area contributed by atoms with Gasteiger partial charge in [-0.05, 0) is 36.3 Å². The molecule has 1 aromatic rings. The quantitative estimate of drug-likeness (QED) is 0.778. The van der Waals surface area contributed by atoms with Gasteiger partial charge in [0.1, 0.15) is 0 Å². The van der Waals surface area contributed by atoms with E-state index in [9.17, 15) is 4.79 Å². The van der Waals surface area contributed by atoms with Crippen molar-refractivity contribution in [2.75, 3.05) is 6.79 Å². The molecule has 3 unspecified atom stereocenters. The molecule has 2 fully saturated rings. The van der Waals surface area contributed by atoms with Crippen LogP contribution in [0, 0.1) is 0 Å². The monoisotopic (exact) mass is 328 g/mol. The van der Waals surface area contributed by atoms with Crippen LogP contribution in [0.15, 0.2) is 48.1 Å². The Balaban J connectivity index is 1.64. The molecule has 0 aromatic heterocycles. The summed E-state index contributed by atoms with van der Waals surface area (Å²) < 4.78 is 29.2. The second kappa shape index (κ2) is 4.55. The van der Waals surface area contributed by atoms with Gasteiger partial charge in [-0.15, -0.1) is 0 Å². The third-order valence-electron chi connectivity index (χ3n) is 4.74. The Morgan fingerprint density at radius 1 is 1.12 bits per heavy atom. The SMILES string of the molecule is CCCC1=CC23OCOC2(C=C1)OC1(OC(=O)c2ccccc21)O3. The molecule has 2 saturated heterocycles. The first-order valence-corrected chi connectivity index (χ1v) is 8.04. The van der Waals surface area contributed by atoms with Crippen LogP contribution in [0.1, 0.15) is 35.7 Å². The second-order valence-electron chi connectivity index (χ2n) is 6.24. The molecular weight excluding hydrogens is 312 g/mol. The van der Waals surface area contributed by atoms with Gasteiger partial charge in [-0.1, -0.05) is 31.6 Å². The average molecular weight is 328 g/mol. The lowest BCUT2D eigenvalue weighted by molar-refractivity contribution is -0.369. The highest BCUT2D eigenvalue weighted by molar-refractivity contribution is 5.94. The Kier molecular flexibility index (Phi) is 2.72. The molecule has 1 aromatic carbocycles. The predicted octanol–water partition coefficient (Wildman–Crippen LogP) is 2.71. The van der Waals surface area contributed by atoms with Crippen molar-refractivity contribution in [1.82, 2.24) is 0 Å². The van der Waals surface area contributed by atoms with E-state index in [0.29, 0.717) is 11.1 Å². The number of fused-ring (bicyclic) bond motifs is 2. The Morgan fingerprint density at radius 2 is 1.92 bits per heavy atom. The molecule has 24 heavy (non-hydrogen) atoms. The number of esters is 1. The van der Waals surface area contributed by atoms with Gasteiger partial charge >= 0.3 is 11.9 Å². The zero-order valence-electron chi connectivity index (χ0n) is 13.1. The first-order chi connectivity index (χ1) is 11.6. The summed E-state index contributed by atoms with van der Waals surface area (Å²) in [4.78, 5) is 12.2. The highest BCUT2D eigenvalue weighted by Crippen LogP contribution is 2.59. The molecule has 124 valence electrons. The molecule has 6 nitrogen and oxygen atoms in total. The number of allylic oxidation sites excluding steroid dienone is 2. The zero-order chi connectivity index (χ0) is 16.4. The van der Waals surface area contributed by atoms with E-state index in [1.54, 1.807) is 30.3 Å². The van der Waals surface area contributed by atoms with Gasteiger partial charge in [0.05, 0.1) is 11.1 Å². The Labute approximate surface area is 138 Å². The average Bonchev–Trinajstić information content (AvgIpc) is 3.14. The molecule has 1 spiro atoms. The number of carbonyl (C=O) groups excluding carboxylic acids is 1. The van der Waals surface area contributed by atoms with Crippen molar-refractivity contribution in [1.29, 1.82) is 0 Å². The first-order valence-electron chi connectivity index (χ1n) is 8.04. The van der Waals surface area contributed by atoms with Gasteiger partial charge in [0.15, 0.2) is 6.79 Å². The van der Waals surface area contributed by atoms with Crippen molar-refractivity contribution < 1.29 is 28.5 Å². The maximum absolute atomic E-state index is 12.2. The van der Waals surface area contributed by atoms with Gasteiger partial charge in [0.25, 0.3) is 11.6 Å². The highest BCUT2D eigenvalue weighted by atomic mass is 17.0. The Hall–Kier alpha value is -1.99. The Bertz CT molecular complexity index is 798.